The second kappa shape index (κ2) is 6.61. The van der Waals surface area contributed by atoms with E-state index in [4.69, 9.17) is 4.74 Å². The van der Waals surface area contributed by atoms with Gasteiger partial charge in [0, 0.05) is 0 Å². The Kier molecular flexibility index (Phi) is 4.85. The number of rotatable bonds is 6. The average Bonchev–Trinajstić information content (AvgIpc) is 2.78. The lowest BCUT2D eigenvalue weighted by Gasteiger charge is -2.01. The number of esters is 1. The van der Waals surface area contributed by atoms with Gasteiger partial charge in [-0.05, 0) is 31.0 Å². The summed E-state index contributed by atoms with van der Waals surface area (Å²) in [6, 6.07) is 6.05. The molecule has 0 saturated carbocycles. The smallest absolute Gasteiger partial charge is 0.316 e. The van der Waals surface area contributed by atoms with Gasteiger partial charge in [0.1, 0.15) is 0 Å². The number of fused-ring (bicyclic) bond motifs is 1. The van der Waals surface area contributed by atoms with E-state index in [1.165, 1.54) is 17.3 Å². The number of H-pyrrole nitrogens is 1. The number of hydrogen-bond acceptors (Lipinski definition) is 4. The maximum atomic E-state index is 11.5. The highest BCUT2D eigenvalue weighted by molar-refractivity contribution is 7.99. The molecule has 2 aromatic rings. The van der Waals surface area contributed by atoms with Crippen molar-refractivity contribution in [2.75, 3.05) is 12.4 Å². The van der Waals surface area contributed by atoms with Crippen molar-refractivity contribution >= 4 is 28.8 Å². The minimum absolute atomic E-state index is 0.185. The molecule has 1 aromatic carbocycles. The van der Waals surface area contributed by atoms with Gasteiger partial charge in [-0.25, -0.2) is 4.98 Å². The lowest BCUT2D eigenvalue weighted by Crippen LogP contribution is -2.08. The zero-order chi connectivity index (χ0) is 13.7. The molecule has 0 fully saturated rings. The van der Waals surface area contributed by atoms with Crippen molar-refractivity contribution in [3.63, 3.8) is 0 Å². The third kappa shape index (κ3) is 3.99. The summed E-state index contributed by atoms with van der Waals surface area (Å²) in [5.74, 6) is 0.109. The number of benzene rings is 1. The van der Waals surface area contributed by atoms with E-state index in [2.05, 4.69) is 16.9 Å². The maximum absolute atomic E-state index is 11.5. The lowest BCUT2D eigenvalue weighted by atomic mass is 10.2. The number of aromatic amines is 1. The molecule has 0 spiro atoms. The minimum Gasteiger partial charge on any atom is -0.465 e. The van der Waals surface area contributed by atoms with Gasteiger partial charge in [0.05, 0.1) is 23.4 Å². The Morgan fingerprint density at radius 1 is 1.47 bits per heavy atom. The van der Waals surface area contributed by atoms with Crippen LogP contribution < -0.4 is 0 Å². The van der Waals surface area contributed by atoms with E-state index >= 15 is 0 Å². The summed E-state index contributed by atoms with van der Waals surface area (Å²) in [6.45, 7) is 4.62. The van der Waals surface area contributed by atoms with Crippen molar-refractivity contribution in [3.8, 4) is 0 Å². The predicted molar refractivity (Wildman–Crippen MR) is 77.4 cm³/mol. The zero-order valence-electron chi connectivity index (χ0n) is 11.2. The molecule has 0 aliphatic heterocycles. The summed E-state index contributed by atoms with van der Waals surface area (Å²) in [4.78, 5) is 19.1. The fraction of sp³-hybridized carbons (Fsp3) is 0.429. The number of aromatic nitrogens is 2. The Hall–Kier alpha value is -1.49. The second-order valence-corrected chi connectivity index (χ2v) is 5.39. The molecule has 1 heterocycles. The van der Waals surface area contributed by atoms with E-state index in [9.17, 15) is 4.79 Å². The van der Waals surface area contributed by atoms with Gasteiger partial charge in [-0.2, -0.15) is 0 Å². The third-order valence-electron chi connectivity index (χ3n) is 2.70. The van der Waals surface area contributed by atoms with Crippen molar-refractivity contribution in [1.82, 2.24) is 9.97 Å². The number of aryl methyl sites for hydroxylation is 1. The predicted octanol–water partition coefficient (Wildman–Crippen LogP) is 3.31. The molecule has 0 aliphatic carbocycles. The summed E-state index contributed by atoms with van der Waals surface area (Å²) in [5, 5.41) is 0.757. The monoisotopic (exact) mass is 278 g/mol. The van der Waals surface area contributed by atoms with Crippen LogP contribution in [0.25, 0.3) is 11.0 Å². The molecule has 2 rings (SSSR count). The number of thioether (sulfide) groups is 1. The van der Waals surface area contributed by atoms with Crippen LogP contribution in [0.5, 0.6) is 0 Å². The number of imidazole rings is 1. The molecule has 0 unspecified atom stereocenters. The van der Waals surface area contributed by atoms with Gasteiger partial charge in [-0.1, -0.05) is 31.2 Å². The number of hydrogen-bond donors (Lipinski definition) is 1. The Labute approximate surface area is 116 Å². The Balaban J connectivity index is 1.89. The molecule has 4 nitrogen and oxygen atoms in total. The van der Waals surface area contributed by atoms with Crippen LogP contribution in [-0.4, -0.2) is 28.3 Å². The first-order valence-corrected chi connectivity index (χ1v) is 7.42. The van der Waals surface area contributed by atoms with Crippen LogP contribution in [-0.2, 0) is 9.53 Å². The van der Waals surface area contributed by atoms with Crippen molar-refractivity contribution in [2.45, 2.75) is 31.8 Å². The van der Waals surface area contributed by atoms with Gasteiger partial charge in [-0.3, -0.25) is 4.79 Å². The molecular weight excluding hydrogens is 260 g/mol. The number of carbonyl (C=O) groups excluding carboxylic acids is 1. The molecule has 0 bridgehead atoms. The zero-order valence-corrected chi connectivity index (χ0v) is 12.0. The molecule has 0 radical (unpaired) electrons. The number of unbranched alkanes of at least 4 members (excludes halogenated alkanes) is 1. The first-order chi connectivity index (χ1) is 9.19. The summed E-state index contributed by atoms with van der Waals surface area (Å²) in [5.41, 5.74) is 3.11. The van der Waals surface area contributed by atoms with Gasteiger partial charge in [0.15, 0.2) is 5.16 Å². The molecule has 1 N–H and O–H groups in total. The van der Waals surface area contributed by atoms with Crippen LogP contribution >= 0.6 is 11.8 Å². The summed E-state index contributed by atoms with van der Waals surface area (Å²) < 4.78 is 5.10. The van der Waals surface area contributed by atoms with Gasteiger partial charge >= 0.3 is 5.97 Å². The molecule has 5 heteroatoms. The van der Waals surface area contributed by atoms with Crippen LogP contribution in [0, 0.1) is 6.92 Å². The van der Waals surface area contributed by atoms with Crippen molar-refractivity contribution in [1.29, 1.82) is 0 Å². The molecule has 0 aliphatic rings. The molecular formula is C14H18N2O2S. The fourth-order valence-corrected chi connectivity index (χ4v) is 2.35. The normalized spacial score (nSPS) is 10.8. The van der Waals surface area contributed by atoms with E-state index in [0.29, 0.717) is 12.4 Å². The van der Waals surface area contributed by atoms with Gasteiger partial charge < -0.3 is 9.72 Å². The number of ether oxygens (including phenoxy) is 1. The first-order valence-electron chi connectivity index (χ1n) is 6.44. The highest BCUT2D eigenvalue weighted by atomic mass is 32.2. The number of nitrogens with zero attached hydrogens (tertiary/aromatic N) is 1. The summed E-state index contributed by atoms with van der Waals surface area (Å²) >= 11 is 1.38. The van der Waals surface area contributed by atoms with E-state index in [1.807, 2.05) is 25.1 Å². The minimum atomic E-state index is -0.185. The summed E-state index contributed by atoms with van der Waals surface area (Å²) in [6.07, 6.45) is 1.95. The van der Waals surface area contributed by atoms with Crippen LogP contribution in [0.4, 0.5) is 0 Å². The first kappa shape index (κ1) is 13.9. The topological polar surface area (TPSA) is 55.0 Å². The van der Waals surface area contributed by atoms with Crippen molar-refractivity contribution < 1.29 is 9.53 Å². The molecule has 19 heavy (non-hydrogen) atoms. The van der Waals surface area contributed by atoms with Crippen LogP contribution in [0.15, 0.2) is 23.4 Å². The van der Waals surface area contributed by atoms with Gasteiger partial charge in [-0.15, -0.1) is 0 Å². The number of carbonyl (C=O) groups is 1. The van der Waals surface area contributed by atoms with E-state index in [1.54, 1.807) is 0 Å². The lowest BCUT2D eigenvalue weighted by molar-refractivity contribution is -0.140. The van der Waals surface area contributed by atoms with Crippen molar-refractivity contribution in [2.24, 2.45) is 0 Å². The molecule has 0 atom stereocenters. The van der Waals surface area contributed by atoms with E-state index in [-0.39, 0.29) is 5.97 Å². The van der Waals surface area contributed by atoms with Crippen LogP contribution in [0.2, 0.25) is 0 Å². The second-order valence-electron chi connectivity index (χ2n) is 4.43. The van der Waals surface area contributed by atoms with E-state index in [0.717, 1.165) is 29.0 Å². The maximum Gasteiger partial charge on any atom is 0.316 e. The standard InChI is InChI=1S/C14H18N2O2S/c1-3-4-7-18-13(17)9-19-14-15-11-6-5-10(2)8-12(11)16-14/h5-6,8H,3-4,7,9H2,1-2H3,(H,15,16). The largest absolute Gasteiger partial charge is 0.465 e. The number of nitrogens with one attached hydrogen (secondary N) is 1. The highest BCUT2D eigenvalue weighted by Crippen LogP contribution is 2.20. The fourth-order valence-electron chi connectivity index (χ4n) is 1.67. The van der Waals surface area contributed by atoms with Crippen molar-refractivity contribution in [3.05, 3.63) is 23.8 Å². The Morgan fingerprint density at radius 3 is 3.11 bits per heavy atom. The average molecular weight is 278 g/mol. The third-order valence-corrected chi connectivity index (χ3v) is 3.55. The molecule has 102 valence electrons. The van der Waals surface area contributed by atoms with Gasteiger partial charge in [0.25, 0.3) is 0 Å². The Morgan fingerprint density at radius 2 is 2.32 bits per heavy atom. The molecule has 1 aromatic heterocycles. The molecule has 0 saturated heterocycles. The van der Waals surface area contributed by atoms with E-state index < -0.39 is 0 Å². The summed E-state index contributed by atoms with van der Waals surface area (Å²) in [7, 11) is 0. The van der Waals surface area contributed by atoms with Crippen LogP contribution in [0.3, 0.4) is 0 Å². The van der Waals surface area contributed by atoms with Crippen LogP contribution in [0.1, 0.15) is 25.3 Å². The Bertz CT molecular complexity index is 566. The van der Waals surface area contributed by atoms with Gasteiger partial charge in [0.2, 0.25) is 0 Å². The molecule has 0 amide bonds. The SMILES string of the molecule is CCCCOC(=O)CSc1nc2ccc(C)cc2[nH]1. The highest BCUT2D eigenvalue weighted by Gasteiger charge is 2.07. The quantitative estimate of drug-likeness (QED) is 0.500.